The summed E-state index contributed by atoms with van der Waals surface area (Å²) in [6.45, 7) is 5.59. The summed E-state index contributed by atoms with van der Waals surface area (Å²) >= 11 is 0. The average Bonchev–Trinajstić information content (AvgIpc) is 3.18. The number of halogens is 1. The van der Waals surface area contributed by atoms with Gasteiger partial charge in [-0.1, -0.05) is 18.2 Å². The zero-order chi connectivity index (χ0) is 15.7. The molecule has 2 fully saturated rings. The van der Waals surface area contributed by atoms with Crippen LogP contribution in [0.25, 0.3) is 0 Å². The molecule has 2 saturated heterocycles. The van der Waals surface area contributed by atoms with Gasteiger partial charge >= 0.3 is 0 Å². The molecule has 0 radical (unpaired) electrons. The van der Waals surface area contributed by atoms with Crippen molar-refractivity contribution in [3.63, 3.8) is 0 Å². The fourth-order valence-corrected chi connectivity index (χ4v) is 3.59. The van der Waals surface area contributed by atoms with Crippen LogP contribution in [0, 0.1) is 13.8 Å². The van der Waals surface area contributed by atoms with Crippen molar-refractivity contribution in [3.05, 3.63) is 34.9 Å². The van der Waals surface area contributed by atoms with Crippen molar-refractivity contribution < 1.29 is 9.53 Å². The normalized spacial score (nSPS) is 27.1. The van der Waals surface area contributed by atoms with E-state index in [0.29, 0.717) is 6.54 Å². The van der Waals surface area contributed by atoms with Gasteiger partial charge in [0.2, 0.25) is 0 Å². The Bertz CT molecular complexity index is 564. The predicted octanol–water partition coefficient (Wildman–Crippen LogP) is 2.90. The van der Waals surface area contributed by atoms with E-state index in [2.05, 4.69) is 32.0 Å². The van der Waals surface area contributed by atoms with Gasteiger partial charge in [-0.25, -0.2) is 0 Å². The molecule has 1 unspecified atom stereocenters. The Morgan fingerprint density at radius 1 is 1.26 bits per heavy atom. The number of nitrogens with two attached hydrogens (primary N) is 1. The van der Waals surface area contributed by atoms with Crippen molar-refractivity contribution in [3.8, 4) is 0 Å². The molecular formula is C18H27ClN2O2. The zero-order valence-electron chi connectivity index (χ0n) is 14.0. The number of hydrogen-bond acceptors (Lipinski definition) is 3. The van der Waals surface area contributed by atoms with Crippen LogP contribution >= 0.6 is 12.4 Å². The van der Waals surface area contributed by atoms with Gasteiger partial charge in [0.1, 0.15) is 6.10 Å². The first-order valence-electron chi connectivity index (χ1n) is 8.33. The third-order valence-electron chi connectivity index (χ3n) is 5.10. The van der Waals surface area contributed by atoms with Gasteiger partial charge in [0.05, 0.1) is 12.1 Å². The molecule has 2 N–H and O–H groups in total. The van der Waals surface area contributed by atoms with Crippen molar-refractivity contribution in [2.75, 3.05) is 13.1 Å². The van der Waals surface area contributed by atoms with E-state index in [1.165, 1.54) is 16.7 Å². The van der Waals surface area contributed by atoms with Crippen molar-refractivity contribution in [2.45, 2.75) is 57.8 Å². The van der Waals surface area contributed by atoms with Crippen LogP contribution in [-0.4, -0.2) is 36.1 Å². The first kappa shape index (κ1) is 18.2. The largest absolute Gasteiger partial charge is 0.364 e. The van der Waals surface area contributed by atoms with Gasteiger partial charge in [-0.3, -0.25) is 4.79 Å². The molecule has 0 saturated carbocycles. The summed E-state index contributed by atoms with van der Waals surface area (Å²) in [5.74, 6) is 0.150. The lowest BCUT2D eigenvalue weighted by molar-refractivity contribution is -0.143. The number of carbonyl (C=O) groups excluding carboxylic acids is 1. The molecule has 23 heavy (non-hydrogen) atoms. The molecule has 2 aliphatic rings. The van der Waals surface area contributed by atoms with Crippen LogP contribution in [0.2, 0.25) is 0 Å². The van der Waals surface area contributed by atoms with E-state index < -0.39 is 0 Å². The minimum atomic E-state index is -0.291. The molecular weight excluding hydrogens is 312 g/mol. The molecule has 1 aromatic rings. The molecule has 3 atom stereocenters. The Morgan fingerprint density at radius 2 is 2.04 bits per heavy atom. The Morgan fingerprint density at radius 3 is 2.70 bits per heavy atom. The maximum Gasteiger partial charge on any atom is 0.252 e. The highest BCUT2D eigenvalue weighted by Crippen LogP contribution is 2.35. The monoisotopic (exact) mass is 338 g/mol. The summed E-state index contributed by atoms with van der Waals surface area (Å²) in [4.78, 5) is 14.8. The number of ether oxygens (including phenoxy) is 1. The number of amides is 1. The minimum absolute atomic E-state index is 0. The molecule has 2 aliphatic heterocycles. The second-order valence-electron chi connectivity index (χ2n) is 6.59. The van der Waals surface area contributed by atoms with Gasteiger partial charge in [0.15, 0.2) is 0 Å². The number of aryl methyl sites for hydroxylation is 2. The summed E-state index contributed by atoms with van der Waals surface area (Å²) in [7, 11) is 0. The molecule has 1 aromatic carbocycles. The molecule has 2 heterocycles. The Balaban J connectivity index is 0.00000192. The second-order valence-corrected chi connectivity index (χ2v) is 6.59. The van der Waals surface area contributed by atoms with Crippen molar-refractivity contribution in [1.29, 1.82) is 0 Å². The van der Waals surface area contributed by atoms with Crippen LogP contribution in [0.3, 0.4) is 0 Å². The first-order valence-corrected chi connectivity index (χ1v) is 8.33. The molecule has 0 aromatic heterocycles. The molecule has 128 valence electrons. The number of hydrogen-bond donors (Lipinski definition) is 1. The van der Waals surface area contributed by atoms with E-state index in [4.69, 9.17) is 10.5 Å². The molecule has 0 bridgehead atoms. The number of rotatable bonds is 3. The second kappa shape index (κ2) is 7.65. The Hall–Kier alpha value is -1.10. The topological polar surface area (TPSA) is 55.6 Å². The van der Waals surface area contributed by atoms with E-state index >= 15 is 0 Å². The SMILES string of the molecule is Cc1ccc(C2CCCN2C(=O)[C@@H]2CC[C@H](CN)O2)cc1C.Cl. The molecule has 1 amide bonds. The lowest BCUT2D eigenvalue weighted by Gasteiger charge is -2.28. The standard InChI is InChI=1S/C18H26N2O2.ClH/c1-12-5-6-14(10-13(12)2)16-4-3-9-20(16)18(21)17-8-7-15(11-19)22-17;/h5-6,10,15-17H,3-4,7-9,11,19H2,1-2H3;1H/t15-,16?,17+;/m1./s1. The van der Waals surface area contributed by atoms with E-state index in [0.717, 1.165) is 32.2 Å². The van der Waals surface area contributed by atoms with Crippen LogP contribution in [0.5, 0.6) is 0 Å². The minimum Gasteiger partial charge on any atom is -0.364 e. The molecule has 3 rings (SSSR count). The van der Waals surface area contributed by atoms with Gasteiger partial charge in [0, 0.05) is 13.1 Å². The van der Waals surface area contributed by atoms with E-state index in [1.54, 1.807) is 0 Å². The fraction of sp³-hybridized carbons (Fsp3) is 0.611. The van der Waals surface area contributed by atoms with Gasteiger partial charge < -0.3 is 15.4 Å². The van der Waals surface area contributed by atoms with Gasteiger partial charge in [-0.05, 0) is 56.2 Å². The van der Waals surface area contributed by atoms with E-state index in [1.807, 2.05) is 4.90 Å². The van der Waals surface area contributed by atoms with Crippen molar-refractivity contribution in [2.24, 2.45) is 5.73 Å². The molecule has 4 nitrogen and oxygen atoms in total. The highest BCUT2D eigenvalue weighted by atomic mass is 35.5. The first-order chi connectivity index (χ1) is 10.6. The summed E-state index contributed by atoms with van der Waals surface area (Å²) in [6.07, 6.45) is 3.57. The van der Waals surface area contributed by atoms with Crippen LogP contribution < -0.4 is 5.73 Å². The Kier molecular flexibility index (Phi) is 6.06. The summed E-state index contributed by atoms with van der Waals surface area (Å²) in [5, 5.41) is 0. The van der Waals surface area contributed by atoms with Crippen molar-refractivity contribution in [1.82, 2.24) is 4.90 Å². The lowest BCUT2D eigenvalue weighted by atomic mass is 9.99. The predicted molar refractivity (Wildman–Crippen MR) is 93.8 cm³/mol. The number of nitrogens with zero attached hydrogens (tertiary/aromatic N) is 1. The summed E-state index contributed by atoms with van der Waals surface area (Å²) in [5.41, 5.74) is 9.49. The van der Waals surface area contributed by atoms with Gasteiger partial charge in [0.25, 0.3) is 5.91 Å². The zero-order valence-corrected chi connectivity index (χ0v) is 14.8. The fourth-order valence-electron chi connectivity index (χ4n) is 3.59. The van der Waals surface area contributed by atoms with Gasteiger partial charge in [-0.2, -0.15) is 0 Å². The summed E-state index contributed by atoms with van der Waals surface area (Å²) in [6, 6.07) is 6.75. The quantitative estimate of drug-likeness (QED) is 0.922. The number of benzene rings is 1. The highest BCUT2D eigenvalue weighted by molar-refractivity contribution is 5.85. The molecule has 0 spiro atoms. The maximum atomic E-state index is 12.8. The van der Waals surface area contributed by atoms with E-state index in [-0.39, 0.29) is 36.6 Å². The average molecular weight is 339 g/mol. The van der Waals surface area contributed by atoms with Crippen LogP contribution in [0.15, 0.2) is 18.2 Å². The Labute approximate surface area is 144 Å². The van der Waals surface area contributed by atoms with Crippen LogP contribution in [0.4, 0.5) is 0 Å². The number of carbonyl (C=O) groups is 1. The van der Waals surface area contributed by atoms with Crippen LogP contribution in [0.1, 0.15) is 48.4 Å². The van der Waals surface area contributed by atoms with E-state index in [9.17, 15) is 4.79 Å². The smallest absolute Gasteiger partial charge is 0.252 e. The van der Waals surface area contributed by atoms with Crippen LogP contribution in [-0.2, 0) is 9.53 Å². The number of likely N-dealkylation sites (tertiary alicyclic amines) is 1. The third-order valence-corrected chi connectivity index (χ3v) is 5.10. The van der Waals surface area contributed by atoms with Crippen molar-refractivity contribution >= 4 is 18.3 Å². The highest BCUT2D eigenvalue weighted by Gasteiger charge is 2.38. The summed E-state index contributed by atoms with van der Waals surface area (Å²) < 4.78 is 5.80. The lowest BCUT2D eigenvalue weighted by Crippen LogP contribution is -2.39. The molecule has 5 heteroatoms. The van der Waals surface area contributed by atoms with Gasteiger partial charge in [-0.15, -0.1) is 12.4 Å². The molecule has 0 aliphatic carbocycles. The maximum absolute atomic E-state index is 12.8. The third kappa shape index (κ3) is 3.70.